The molecule has 0 saturated carbocycles. The van der Waals surface area contributed by atoms with E-state index in [0.717, 1.165) is 26.8 Å². The van der Waals surface area contributed by atoms with E-state index in [1.807, 2.05) is 43.3 Å². The van der Waals surface area contributed by atoms with Gasteiger partial charge in [0, 0.05) is 36.4 Å². The predicted octanol–water partition coefficient (Wildman–Crippen LogP) is 3.72. The normalized spacial score (nSPS) is 10.9. The fraction of sp³-hybridized carbons (Fsp3) is 0.143. The van der Waals surface area contributed by atoms with Gasteiger partial charge >= 0.3 is 0 Å². The van der Waals surface area contributed by atoms with Gasteiger partial charge < -0.3 is 9.32 Å². The first-order chi connectivity index (χ1) is 9.15. The molecule has 0 N–H and O–H groups in total. The van der Waals surface area contributed by atoms with E-state index in [-0.39, 0.29) is 0 Å². The van der Waals surface area contributed by atoms with E-state index in [4.69, 9.17) is 4.42 Å². The van der Waals surface area contributed by atoms with Crippen molar-refractivity contribution in [1.29, 1.82) is 0 Å². The topological polar surface area (TPSA) is 42.2 Å². The van der Waals surface area contributed by atoms with Crippen LogP contribution in [0.3, 0.4) is 0 Å². The van der Waals surface area contributed by atoms with E-state index in [9.17, 15) is 0 Å². The zero-order valence-corrected chi connectivity index (χ0v) is 12.2. The Hall–Kier alpha value is -1.88. The van der Waals surface area contributed by atoms with Crippen molar-refractivity contribution in [2.45, 2.75) is 0 Å². The second kappa shape index (κ2) is 4.66. The molecule has 0 amide bonds. The summed E-state index contributed by atoms with van der Waals surface area (Å²) >= 11 is 3.57. The van der Waals surface area contributed by atoms with E-state index >= 15 is 0 Å². The Morgan fingerprint density at radius 1 is 1.21 bits per heavy atom. The van der Waals surface area contributed by atoms with Crippen LogP contribution in [0, 0.1) is 0 Å². The maximum atomic E-state index is 5.72. The monoisotopic (exact) mass is 317 g/mol. The van der Waals surface area contributed by atoms with E-state index in [1.54, 1.807) is 12.4 Å². The summed E-state index contributed by atoms with van der Waals surface area (Å²) < 4.78 is 6.73. The number of aromatic nitrogens is 2. The average molecular weight is 318 g/mol. The lowest BCUT2D eigenvalue weighted by Gasteiger charge is -2.14. The van der Waals surface area contributed by atoms with Gasteiger partial charge in [-0.15, -0.1) is 0 Å². The summed E-state index contributed by atoms with van der Waals surface area (Å²) in [6, 6.07) is 7.85. The van der Waals surface area contributed by atoms with Crippen LogP contribution in [0.4, 0.5) is 5.69 Å². The van der Waals surface area contributed by atoms with Crippen LogP contribution in [0.5, 0.6) is 0 Å². The number of hydrogen-bond acceptors (Lipinski definition) is 4. The molecule has 0 spiro atoms. The maximum Gasteiger partial charge on any atom is 0.227 e. The highest BCUT2D eigenvalue weighted by Crippen LogP contribution is 2.31. The van der Waals surface area contributed by atoms with Crippen LogP contribution >= 0.6 is 15.9 Å². The average Bonchev–Trinajstić information content (AvgIpc) is 2.81. The lowest BCUT2D eigenvalue weighted by atomic mass is 10.2. The van der Waals surface area contributed by atoms with Crippen LogP contribution in [-0.2, 0) is 0 Å². The molecular formula is C14H12BrN3O. The molecule has 0 aliphatic carbocycles. The number of oxazole rings is 1. The molecule has 0 aliphatic heterocycles. The van der Waals surface area contributed by atoms with Crippen LogP contribution in [0.2, 0.25) is 0 Å². The third-order valence-electron chi connectivity index (χ3n) is 2.87. The number of halogens is 1. The van der Waals surface area contributed by atoms with E-state index in [0.29, 0.717) is 5.89 Å². The molecule has 0 unspecified atom stereocenters. The highest BCUT2D eigenvalue weighted by Gasteiger charge is 2.10. The van der Waals surface area contributed by atoms with E-state index in [2.05, 4.69) is 25.9 Å². The van der Waals surface area contributed by atoms with Crippen molar-refractivity contribution in [3.63, 3.8) is 0 Å². The number of pyridine rings is 1. The molecule has 0 saturated heterocycles. The van der Waals surface area contributed by atoms with Gasteiger partial charge in [-0.1, -0.05) is 0 Å². The molecule has 0 radical (unpaired) electrons. The Balaban J connectivity index is 2.09. The lowest BCUT2D eigenvalue weighted by Crippen LogP contribution is -2.09. The van der Waals surface area contributed by atoms with Crippen molar-refractivity contribution in [2.75, 3.05) is 19.0 Å². The van der Waals surface area contributed by atoms with Gasteiger partial charge in [-0.2, -0.15) is 0 Å². The number of benzene rings is 1. The van der Waals surface area contributed by atoms with Crippen LogP contribution in [0.25, 0.3) is 22.6 Å². The first kappa shape index (κ1) is 12.2. The number of anilines is 1. The first-order valence-electron chi connectivity index (χ1n) is 5.83. The van der Waals surface area contributed by atoms with Crippen LogP contribution in [-0.4, -0.2) is 24.1 Å². The van der Waals surface area contributed by atoms with Gasteiger partial charge in [0.05, 0.1) is 11.9 Å². The number of nitrogens with zero attached hydrogens (tertiary/aromatic N) is 3. The summed E-state index contributed by atoms with van der Waals surface area (Å²) in [4.78, 5) is 10.5. The highest BCUT2D eigenvalue weighted by molar-refractivity contribution is 9.10. The van der Waals surface area contributed by atoms with E-state index < -0.39 is 0 Å². The molecule has 1 aromatic carbocycles. The Morgan fingerprint density at radius 2 is 2.05 bits per heavy atom. The van der Waals surface area contributed by atoms with Crippen LogP contribution in [0.15, 0.2) is 45.5 Å². The fourth-order valence-corrected chi connectivity index (χ4v) is 2.64. The van der Waals surface area contributed by atoms with Gasteiger partial charge in [-0.3, -0.25) is 4.98 Å². The molecule has 0 fully saturated rings. The molecule has 2 aromatic heterocycles. The molecule has 0 atom stereocenters. The SMILES string of the molecule is CN(C)c1ccc(-c2nc3cnccc3o2)cc1Br. The zero-order valence-electron chi connectivity index (χ0n) is 10.6. The Bertz CT molecular complexity index is 703. The molecule has 96 valence electrons. The lowest BCUT2D eigenvalue weighted by molar-refractivity contribution is 0.619. The zero-order chi connectivity index (χ0) is 13.4. The molecule has 5 heteroatoms. The van der Waals surface area contributed by atoms with Gasteiger partial charge in [0.15, 0.2) is 5.58 Å². The maximum absolute atomic E-state index is 5.72. The molecule has 3 rings (SSSR count). The van der Waals surface area contributed by atoms with Crippen molar-refractivity contribution in [1.82, 2.24) is 9.97 Å². The summed E-state index contributed by atoms with van der Waals surface area (Å²) in [7, 11) is 4.01. The Morgan fingerprint density at radius 3 is 2.74 bits per heavy atom. The Kier molecular flexibility index (Phi) is 2.98. The standard InChI is InChI=1S/C14H12BrN3O/c1-18(2)12-4-3-9(7-10(12)15)14-17-11-8-16-6-5-13(11)19-14/h3-8H,1-2H3. The van der Waals surface area contributed by atoms with Crippen molar-refractivity contribution < 1.29 is 4.42 Å². The minimum Gasteiger partial charge on any atom is -0.436 e. The van der Waals surface area contributed by atoms with Crippen molar-refractivity contribution in [3.8, 4) is 11.5 Å². The second-order valence-corrected chi connectivity index (χ2v) is 5.28. The molecule has 0 aliphatic rings. The molecule has 0 bridgehead atoms. The summed E-state index contributed by atoms with van der Waals surface area (Å²) in [5.41, 5.74) is 3.57. The molecule has 4 nitrogen and oxygen atoms in total. The molecule has 2 heterocycles. The van der Waals surface area contributed by atoms with Gasteiger partial charge in [0.2, 0.25) is 5.89 Å². The van der Waals surface area contributed by atoms with Gasteiger partial charge in [0.1, 0.15) is 5.52 Å². The number of rotatable bonds is 2. The van der Waals surface area contributed by atoms with Crippen LogP contribution in [0.1, 0.15) is 0 Å². The minimum atomic E-state index is 0.606. The largest absolute Gasteiger partial charge is 0.436 e. The number of hydrogen-bond donors (Lipinski definition) is 0. The summed E-state index contributed by atoms with van der Waals surface area (Å²) in [6.45, 7) is 0. The van der Waals surface area contributed by atoms with Crippen molar-refractivity contribution in [2.24, 2.45) is 0 Å². The van der Waals surface area contributed by atoms with Crippen molar-refractivity contribution >= 4 is 32.7 Å². The minimum absolute atomic E-state index is 0.606. The quantitative estimate of drug-likeness (QED) is 0.722. The summed E-state index contributed by atoms with van der Waals surface area (Å²) in [5, 5.41) is 0. The predicted molar refractivity (Wildman–Crippen MR) is 79.3 cm³/mol. The first-order valence-corrected chi connectivity index (χ1v) is 6.62. The molecule has 19 heavy (non-hydrogen) atoms. The van der Waals surface area contributed by atoms with Gasteiger partial charge in [-0.05, 0) is 34.1 Å². The molecule has 3 aromatic rings. The van der Waals surface area contributed by atoms with Gasteiger partial charge in [-0.25, -0.2) is 4.98 Å². The summed E-state index contributed by atoms with van der Waals surface area (Å²) in [5.74, 6) is 0.606. The second-order valence-electron chi connectivity index (χ2n) is 4.42. The Labute approximate surface area is 119 Å². The smallest absolute Gasteiger partial charge is 0.227 e. The van der Waals surface area contributed by atoms with Crippen LogP contribution < -0.4 is 4.90 Å². The third kappa shape index (κ3) is 2.21. The van der Waals surface area contributed by atoms with Crippen molar-refractivity contribution in [3.05, 3.63) is 41.1 Å². The molecular weight excluding hydrogens is 306 g/mol. The number of fused-ring (bicyclic) bond motifs is 1. The van der Waals surface area contributed by atoms with Gasteiger partial charge in [0.25, 0.3) is 0 Å². The van der Waals surface area contributed by atoms with E-state index in [1.165, 1.54) is 0 Å². The fourth-order valence-electron chi connectivity index (χ4n) is 1.91. The third-order valence-corrected chi connectivity index (χ3v) is 3.50. The summed E-state index contributed by atoms with van der Waals surface area (Å²) in [6.07, 6.45) is 3.40. The highest BCUT2D eigenvalue weighted by atomic mass is 79.9.